The minimum atomic E-state index is 0.720. The van der Waals surface area contributed by atoms with Gasteiger partial charge in [0.25, 0.3) is 0 Å². The highest BCUT2D eigenvalue weighted by Gasteiger charge is 2.06. The molecule has 0 aromatic heterocycles. The SMILES string of the molecule is C=CCCCCCCN(CCCCCCCC(C)COCCCCCCCCC)CCNCCC. The number of rotatable bonds is 30. The van der Waals surface area contributed by atoms with Gasteiger partial charge in [-0.25, -0.2) is 0 Å². The van der Waals surface area contributed by atoms with Crippen molar-refractivity contribution in [1.82, 2.24) is 10.2 Å². The predicted molar refractivity (Wildman–Crippen MR) is 159 cm³/mol. The average molecular weight is 495 g/mol. The molecule has 0 aliphatic rings. The minimum Gasteiger partial charge on any atom is -0.381 e. The Morgan fingerprint density at radius 2 is 1.29 bits per heavy atom. The molecule has 0 spiro atoms. The van der Waals surface area contributed by atoms with E-state index in [-0.39, 0.29) is 0 Å². The van der Waals surface area contributed by atoms with Crippen LogP contribution in [-0.4, -0.2) is 50.8 Å². The van der Waals surface area contributed by atoms with Crippen LogP contribution >= 0.6 is 0 Å². The number of ether oxygens (including phenoxy) is 1. The number of nitrogens with zero attached hydrogens (tertiary/aromatic N) is 1. The molecule has 0 aliphatic heterocycles. The number of allylic oxidation sites excluding steroid dienone is 1. The molecule has 1 N–H and O–H groups in total. The van der Waals surface area contributed by atoms with Gasteiger partial charge in [0.2, 0.25) is 0 Å². The van der Waals surface area contributed by atoms with Gasteiger partial charge in [-0.1, -0.05) is 104 Å². The molecule has 0 bridgehead atoms. The molecule has 0 saturated heterocycles. The summed E-state index contributed by atoms with van der Waals surface area (Å²) in [7, 11) is 0. The normalized spacial score (nSPS) is 12.5. The summed E-state index contributed by atoms with van der Waals surface area (Å²) in [5.41, 5.74) is 0. The summed E-state index contributed by atoms with van der Waals surface area (Å²) >= 11 is 0. The van der Waals surface area contributed by atoms with E-state index in [1.807, 2.05) is 0 Å². The molecule has 0 aromatic rings. The maximum absolute atomic E-state index is 5.94. The summed E-state index contributed by atoms with van der Waals surface area (Å²) in [4.78, 5) is 2.71. The Morgan fingerprint density at radius 3 is 1.94 bits per heavy atom. The van der Waals surface area contributed by atoms with Gasteiger partial charge in [-0.15, -0.1) is 6.58 Å². The van der Waals surface area contributed by atoms with Gasteiger partial charge in [0.15, 0.2) is 0 Å². The van der Waals surface area contributed by atoms with Crippen LogP contribution < -0.4 is 5.32 Å². The van der Waals surface area contributed by atoms with E-state index in [1.165, 1.54) is 142 Å². The fourth-order valence-electron chi connectivity index (χ4n) is 4.74. The van der Waals surface area contributed by atoms with E-state index >= 15 is 0 Å². The fraction of sp³-hybridized carbons (Fsp3) is 0.938. The van der Waals surface area contributed by atoms with Crippen molar-refractivity contribution in [3.05, 3.63) is 12.7 Å². The Kier molecular flexibility index (Phi) is 29.5. The lowest BCUT2D eigenvalue weighted by Gasteiger charge is -2.22. The van der Waals surface area contributed by atoms with Crippen molar-refractivity contribution in [2.24, 2.45) is 5.92 Å². The third-order valence-electron chi connectivity index (χ3n) is 7.13. The second-order valence-electron chi connectivity index (χ2n) is 10.9. The van der Waals surface area contributed by atoms with Crippen molar-refractivity contribution < 1.29 is 4.74 Å². The number of hydrogen-bond donors (Lipinski definition) is 1. The van der Waals surface area contributed by atoms with Gasteiger partial charge in [-0.3, -0.25) is 0 Å². The Balaban J connectivity index is 3.65. The maximum Gasteiger partial charge on any atom is 0.0491 e. The molecule has 3 heteroatoms. The first kappa shape index (κ1) is 34.6. The van der Waals surface area contributed by atoms with E-state index in [1.54, 1.807) is 0 Å². The quantitative estimate of drug-likeness (QED) is 0.0795. The van der Waals surface area contributed by atoms with Crippen LogP contribution in [0.1, 0.15) is 143 Å². The maximum atomic E-state index is 5.94. The van der Waals surface area contributed by atoms with Crippen molar-refractivity contribution in [3.8, 4) is 0 Å². The van der Waals surface area contributed by atoms with Crippen LogP contribution in [0.2, 0.25) is 0 Å². The van der Waals surface area contributed by atoms with Crippen LogP contribution in [0, 0.1) is 5.92 Å². The summed E-state index contributed by atoms with van der Waals surface area (Å²) in [6, 6.07) is 0. The summed E-state index contributed by atoms with van der Waals surface area (Å²) in [6.07, 6.45) is 27.7. The van der Waals surface area contributed by atoms with Gasteiger partial charge < -0.3 is 15.0 Å². The number of nitrogens with one attached hydrogen (secondary N) is 1. The van der Waals surface area contributed by atoms with E-state index < -0.39 is 0 Å². The first-order valence-electron chi connectivity index (χ1n) is 15.9. The van der Waals surface area contributed by atoms with Gasteiger partial charge in [0, 0.05) is 26.3 Å². The highest BCUT2D eigenvalue weighted by molar-refractivity contribution is 4.66. The molecular weight excluding hydrogens is 428 g/mol. The minimum absolute atomic E-state index is 0.720. The van der Waals surface area contributed by atoms with Gasteiger partial charge in [-0.2, -0.15) is 0 Å². The van der Waals surface area contributed by atoms with Crippen LogP contribution in [0.15, 0.2) is 12.7 Å². The Bertz CT molecular complexity index is 401. The monoisotopic (exact) mass is 495 g/mol. The molecule has 0 amide bonds. The highest BCUT2D eigenvalue weighted by Crippen LogP contribution is 2.13. The number of hydrogen-bond acceptors (Lipinski definition) is 3. The second-order valence-corrected chi connectivity index (χ2v) is 10.9. The lowest BCUT2D eigenvalue weighted by Crippen LogP contribution is -2.34. The van der Waals surface area contributed by atoms with Crippen LogP contribution in [0.5, 0.6) is 0 Å². The van der Waals surface area contributed by atoms with E-state index in [4.69, 9.17) is 4.74 Å². The zero-order chi connectivity index (χ0) is 25.7. The number of unbranched alkanes of at least 4 members (excludes halogenated alkanes) is 14. The molecule has 0 aromatic carbocycles. The van der Waals surface area contributed by atoms with Crippen LogP contribution in [0.4, 0.5) is 0 Å². The lowest BCUT2D eigenvalue weighted by atomic mass is 10.0. The lowest BCUT2D eigenvalue weighted by molar-refractivity contribution is 0.0976. The second kappa shape index (κ2) is 29.8. The van der Waals surface area contributed by atoms with Crippen molar-refractivity contribution in [2.45, 2.75) is 143 Å². The largest absolute Gasteiger partial charge is 0.381 e. The van der Waals surface area contributed by atoms with E-state index in [0.29, 0.717) is 0 Å². The predicted octanol–water partition coefficient (Wildman–Crippen LogP) is 9.17. The molecular formula is C32H66N2O. The van der Waals surface area contributed by atoms with Crippen molar-refractivity contribution in [1.29, 1.82) is 0 Å². The molecule has 1 atom stereocenters. The topological polar surface area (TPSA) is 24.5 Å². The van der Waals surface area contributed by atoms with E-state index in [2.05, 4.69) is 43.6 Å². The molecule has 210 valence electrons. The van der Waals surface area contributed by atoms with Crippen LogP contribution in [-0.2, 0) is 4.74 Å². The molecule has 1 unspecified atom stereocenters. The zero-order valence-electron chi connectivity index (χ0n) is 24.6. The summed E-state index contributed by atoms with van der Waals surface area (Å²) in [5, 5.41) is 3.58. The molecule has 0 aliphatic carbocycles. The molecule has 3 nitrogen and oxygen atoms in total. The van der Waals surface area contributed by atoms with Gasteiger partial charge in [0.05, 0.1) is 0 Å². The highest BCUT2D eigenvalue weighted by atomic mass is 16.5. The summed E-state index contributed by atoms with van der Waals surface area (Å²) in [6.45, 7) is 18.7. The van der Waals surface area contributed by atoms with Crippen molar-refractivity contribution >= 4 is 0 Å². The molecule has 0 fully saturated rings. The molecule has 0 radical (unpaired) electrons. The molecule has 35 heavy (non-hydrogen) atoms. The van der Waals surface area contributed by atoms with Crippen molar-refractivity contribution in [2.75, 3.05) is 45.9 Å². The smallest absolute Gasteiger partial charge is 0.0491 e. The van der Waals surface area contributed by atoms with E-state index in [9.17, 15) is 0 Å². The summed E-state index contributed by atoms with van der Waals surface area (Å²) in [5.74, 6) is 0.720. The van der Waals surface area contributed by atoms with Gasteiger partial charge in [0.1, 0.15) is 0 Å². The van der Waals surface area contributed by atoms with Gasteiger partial charge in [-0.05, 0) is 70.5 Å². The Labute approximate surface area is 222 Å². The first-order chi connectivity index (χ1) is 17.2. The molecule has 0 rings (SSSR count). The standard InChI is InChI=1S/C32H66N2O/c1-5-8-10-12-14-19-23-30-35-31-32(4)24-20-16-15-18-22-28-34(29-26-33-25-7-3)27-21-17-13-11-9-6-2/h6,32-33H,2,5,7-31H2,1,3-4H3. The van der Waals surface area contributed by atoms with Gasteiger partial charge >= 0.3 is 0 Å². The van der Waals surface area contributed by atoms with E-state index in [0.717, 1.165) is 32.2 Å². The van der Waals surface area contributed by atoms with Crippen LogP contribution in [0.25, 0.3) is 0 Å². The average Bonchev–Trinajstić information content (AvgIpc) is 2.86. The summed E-state index contributed by atoms with van der Waals surface area (Å²) < 4.78 is 5.94. The Hall–Kier alpha value is -0.380. The Morgan fingerprint density at radius 1 is 0.686 bits per heavy atom. The molecule has 0 heterocycles. The first-order valence-corrected chi connectivity index (χ1v) is 15.9. The zero-order valence-corrected chi connectivity index (χ0v) is 24.6. The third-order valence-corrected chi connectivity index (χ3v) is 7.13. The molecule has 0 saturated carbocycles. The van der Waals surface area contributed by atoms with Crippen LogP contribution in [0.3, 0.4) is 0 Å². The third kappa shape index (κ3) is 28.0. The fourth-order valence-corrected chi connectivity index (χ4v) is 4.74. The van der Waals surface area contributed by atoms with Crippen molar-refractivity contribution in [3.63, 3.8) is 0 Å².